The number of nitrogens with one attached hydrogen (secondary N) is 1. The smallest absolute Gasteiger partial charge is 0.317 e. The molecule has 0 aliphatic heterocycles. The van der Waals surface area contributed by atoms with Gasteiger partial charge in [0.05, 0.1) is 6.54 Å². The quantitative estimate of drug-likeness (QED) is 0.540. The molecule has 2 N–H and O–H groups in total. The average molecular weight is 347 g/mol. The SMILES string of the molecule is O=C(O)CNCc1cc2cc(-c3ccc4ccccc4c3)ccc2s1. The van der Waals surface area contributed by atoms with E-state index in [1.54, 1.807) is 11.3 Å². The molecule has 0 saturated carbocycles. The Balaban J connectivity index is 1.64. The van der Waals surface area contributed by atoms with Crippen molar-refractivity contribution in [1.82, 2.24) is 5.32 Å². The molecule has 3 aromatic carbocycles. The summed E-state index contributed by atoms with van der Waals surface area (Å²) in [5, 5.41) is 15.3. The summed E-state index contributed by atoms with van der Waals surface area (Å²) in [6, 6.07) is 23.5. The zero-order valence-electron chi connectivity index (χ0n) is 13.5. The molecule has 4 rings (SSSR count). The number of benzene rings is 3. The van der Waals surface area contributed by atoms with Gasteiger partial charge in [0, 0.05) is 16.1 Å². The van der Waals surface area contributed by atoms with Crippen LogP contribution in [0.2, 0.25) is 0 Å². The first-order valence-corrected chi connectivity index (χ1v) is 8.95. The Bertz CT molecular complexity index is 1070. The summed E-state index contributed by atoms with van der Waals surface area (Å²) in [5.74, 6) is -0.834. The van der Waals surface area contributed by atoms with E-state index < -0.39 is 5.97 Å². The lowest BCUT2D eigenvalue weighted by atomic mass is 10.0. The van der Waals surface area contributed by atoms with Gasteiger partial charge in [0.15, 0.2) is 0 Å². The van der Waals surface area contributed by atoms with Crippen molar-refractivity contribution in [2.45, 2.75) is 6.54 Å². The number of thiophene rings is 1. The van der Waals surface area contributed by atoms with E-state index in [2.05, 4.69) is 72.0 Å². The largest absolute Gasteiger partial charge is 0.480 e. The van der Waals surface area contributed by atoms with Crippen molar-refractivity contribution in [3.63, 3.8) is 0 Å². The summed E-state index contributed by atoms with van der Waals surface area (Å²) in [7, 11) is 0. The topological polar surface area (TPSA) is 49.3 Å². The first-order chi connectivity index (χ1) is 12.2. The molecule has 3 nitrogen and oxygen atoms in total. The highest BCUT2D eigenvalue weighted by Crippen LogP contribution is 2.31. The summed E-state index contributed by atoms with van der Waals surface area (Å²) in [4.78, 5) is 11.7. The van der Waals surface area contributed by atoms with E-state index in [0.29, 0.717) is 6.54 Å². The molecule has 1 aromatic heterocycles. The molecule has 25 heavy (non-hydrogen) atoms. The van der Waals surface area contributed by atoms with Gasteiger partial charge < -0.3 is 10.4 Å². The lowest BCUT2D eigenvalue weighted by Gasteiger charge is -2.04. The number of carbonyl (C=O) groups is 1. The predicted octanol–water partition coefficient (Wildman–Crippen LogP) is 4.90. The van der Waals surface area contributed by atoms with E-state index in [1.807, 2.05) is 0 Å². The second kappa shape index (κ2) is 6.67. The van der Waals surface area contributed by atoms with E-state index in [-0.39, 0.29) is 6.54 Å². The predicted molar refractivity (Wildman–Crippen MR) is 104 cm³/mol. The van der Waals surface area contributed by atoms with E-state index in [1.165, 1.54) is 32.0 Å². The van der Waals surface area contributed by atoms with Gasteiger partial charge in [-0.1, -0.05) is 42.5 Å². The van der Waals surface area contributed by atoms with Crippen LogP contribution in [0.3, 0.4) is 0 Å². The number of hydrogen-bond acceptors (Lipinski definition) is 3. The molecule has 0 bridgehead atoms. The third-order valence-electron chi connectivity index (χ3n) is 4.23. The fraction of sp³-hybridized carbons (Fsp3) is 0.0952. The van der Waals surface area contributed by atoms with Crippen LogP contribution in [0.15, 0.2) is 66.7 Å². The number of rotatable bonds is 5. The van der Waals surface area contributed by atoms with Crippen molar-refractivity contribution in [3.8, 4) is 11.1 Å². The monoisotopic (exact) mass is 347 g/mol. The first-order valence-electron chi connectivity index (χ1n) is 8.13. The second-order valence-corrected chi connectivity index (χ2v) is 7.19. The summed E-state index contributed by atoms with van der Waals surface area (Å²) >= 11 is 1.70. The van der Waals surface area contributed by atoms with Crippen LogP contribution in [0, 0.1) is 0 Å². The van der Waals surface area contributed by atoms with Crippen LogP contribution in [-0.2, 0) is 11.3 Å². The van der Waals surface area contributed by atoms with E-state index in [0.717, 1.165) is 4.88 Å². The van der Waals surface area contributed by atoms with Gasteiger partial charge in [0.1, 0.15) is 0 Å². The maximum Gasteiger partial charge on any atom is 0.317 e. The minimum atomic E-state index is -0.834. The molecule has 0 spiro atoms. The fourth-order valence-corrected chi connectivity index (χ4v) is 4.04. The maximum absolute atomic E-state index is 10.6. The van der Waals surface area contributed by atoms with Crippen molar-refractivity contribution in [2.75, 3.05) is 6.54 Å². The van der Waals surface area contributed by atoms with Crippen molar-refractivity contribution >= 4 is 38.2 Å². The van der Waals surface area contributed by atoms with Crippen molar-refractivity contribution in [3.05, 3.63) is 71.6 Å². The van der Waals surface area contributed by atoms with Crippen LogP contribution in [0.4, 0.5) is 0 Å². The maximum atomic E-state index is 10.6. The third kappa shape index (κ3) is 3.40. The minimum absolute atomic E-state index is 0.0173. The van der Waals surface area contributed by atoms with E-state index in [9.17, 15) is 4.79 Å². The van der Waals surface area contributed by atoms with Crippen LogP contribution >= 0.6 is 11.3 Å². The third-order valence-corrected chi connectivity index (χ3v) is 5.34. The minimum Gasteiger partial charge on any atom is -0.480 e. The lowest BCUT2D eigenvalue weighted by Crippen LogP contribution is -2.21. The van der Waals surface area contributed by atoms with Crippen molar-refractivity contribution < 1.29 is 9.90 Å². The fourth-order valence-electron chi connectivity index (χ4n) is 3.03. The molecule has 0 atom stereocenters. The standard InChI is InChI=1S/C21H17NO2S/c23-21(24)13-22-12-19-11-18-10-17(7-8-20(18)25-19)16-6-5-14-3-1-2-4-15(14)9-16/h1-11,22H,12-13H2,(H,23,24). The number of carboxylic acids is 1. The molecule has 0 radical (unpaired) electrons. The molecule has 0 amide bonds. The Morgan fingerprint density at radius 1 is 0.880 bits per heavy atom. The molecule has 0 unspecified atom stereocenters. The van der Waals surface area contributed by atoms with Gasteiger partial charge in [-0.05, 0) is 51.6 Å². The number of carboxylic acid groups (broad SMARTS) is 1. The van der Waals surface area contributed by atoms with Gasteiger partial charge in [-0.15, -0.1) is 11.3 Å². The van der Waals surface area contributed by atoms with Crippen LogP contribution in [-0.4, -0.2) is 17.6 Å². The Morgan fingerprint density at radius 2 is 1.60 bits per heavy atom. The second-order valence-electron chi connectivity index (χ2n) is 6.02. The molecular formula is C21H17NO2S. The molecule has 0 saturated heterocycles. The Morgan fingerprint density at radius 3 is 2.40 bits per heavy atom. The van der Waals surface area contributed by atoms with Crippen LogP contribution in [0.25, 0.3) is 32.0 Å². The number of aliphatic carboxylic acids is 1. The molecule has 1 heterocycles. The molecule has 0 fully saturated rings. The zero-order chi connectivity index (χ0) is 17.2. The Labute approximate surface area is 149 Å². The van der Waals surface area contributed by atoms with Crippen LogP contribution in [0.1, 0.15) is 4.88 Å². The van der Waals surface area contributed by atoms with E-state index in [4.69, 9.17) is 5.11 Å². The Hall–Kier alpha value is -2.69. The van der Waals surface area contributed by atoms with Gasteiger partial charge in [-0.3, -0.25) is 4.79 Å². The summed E-state index contributed by atoms with van der Waals surface area (Å²) < 4.78 is 1.22. The highest BCUT2D eigenvalue weighted by molar-refractivity contribution is 7.19. The van der Waals surface area contributed by atoms with E-state index >= 15 is 0 Å². The van der Waals surface area contributed by atoms with Gasteiger partial charge in [0.25, 0.3) is 0 Å². The van der Waals surface area contributed by atoms with Gasteiger partial charge in [0.2, 0.25) is 0 Å². The number of hydrogen-bond donors (Lipinski definition) is 2. The van der Waals surface area contributed by atoms with Gasteiger partial charge >= 0.3 is 5.97 Å². The molecule has 124 valence electrons. The number of fused-ring (bicyclic) bond motifs is 2. The van der Waals surface area contributed by atoms with Crippen LogP contribution < -0.4 is 5.32 Å². The Kier molecular flexibility index (Phi) is 4.22. The molecular weight excluding hydrogens is 330 g/mol. The van der Waals surface area contributed by atoms with Crippen molar-refractivity contribution in [2.24, 2.45) is 0 Å². The lowest BCUT2D eigenvalue weighted by molar-refractivity contribution is -0.135. The molecule has 0 aliphatic carbocycles. The van der Waals surface area contributed by atoms with Crippen molar-refractivity contribution in [1.29, 1.82) is 0 Å². The average Bonchev–Trinajstić information content (AvgIpc) is 3.02. The molecule has 4 heteroatoms. The summed E-state index contributed by atoms with van der Waals surface area (Å²) in [6.45, 7) is 0.563. The normalized spacial score (nSPS) is 11.2. The first kappa shape index (κ1) is 15.8. The highest BCUT2D eigenvalue weighted by Gasteiger charge is 2.06. The highest BCUT2D eigenvalue weighted by atomic mass is 32.1. The molecule has 0 aliphatic rings. The molecule has 4 aromatic rings. The summed E-state index contributed by atoms with van der Waals surface area (Å²) in [6.07, 6.45) is 0. The van der Waals surface area contributed by atoms with Crippen LogP contribution in [0.5, 0.6) is 0 Å². The summed E-state index contributed by atoms with van der Waals surface area (Å²) in [5.41, 5.74) is 2.40. The van der Waals surface area contributed by atoms with Gasteiger partial charge in [-0.25, -0.2) is 0 Å². The van der Waals surface area contributed by atoms with Gasteiger partial charge in [-0.2, -0.15) is 0 Å². The zero-order valence-corrected chi connectivity index (χ0v) is 14.3.